The van der Waals surface area contributed by atoms with Crippen LogP contribution in [0.4, 0.5) is 11.9 Å². The molecular weight excluding hydrogens is 314 g/mol. The number of ether oxygens (including phenoxy) is 1. The summed E-state index contributed by atoms with van der Waals surface area (Å²) in [5.74, 6) is 1.37. The summed E-state index contributed by atoms with van der Waals surface area (Å²) in [4.78, 5) is 29.1. The number of anilines is 2. The van der Waals surface area contributed by atoms with Gasteiger partial charge < -0.3 is 24.4 Å². The molecule has 24 heavy (non-hydrogen) atoms. The van der Waals surface area contributed by atoms with Gasteiger partial charge in [0.25, 0.3) is 5.91 Å². The first-order valence-corrected chi connectivity index (χ1v) is 7.57. The summed E-state index contributed by atoms with van der Waals surface area (Å²) in [6.07, 6.45) is 1.42. The van der Waals surface area contributed by atoms with Gasteiger partial charge in [-0.05, 0) is 0 Å². The molecule has 10 nitrogen and oxygen atoms in total. The van der Waals surface area contributed by atoms with Crippen molar-refractivity contribution in [3.8, 4) is 0 Å². The summed E-state index contributed by atoms with van der Waals surface area (Å²) < 4.78 is 10.2. The van der Waals surface area contributed by atoms with Crippen molar-refractivity contribution in [3.05, 3.63) is 23.8 Å². The van der Waals surface area contributed by atoms with Crippen molar-refractivity contribution in [2.45, 2.75) is 6.54 Å². The van der Waals surface area contributed by atoms with Crippen LogP contribution < -0.4 is 15.1 Å². The lowest BCUT2D eigenvalue weighted by Gasteiger charge is -2.27. The number of rotatable bonds is 5. The Kier molecular flexibility index (Phi) is 4.85. The second kappa shape index (κ2) is 7.21. The zero-order valence-corrected chi connectivity index (χ0v) is 13.6. The largest absolute Gasteiger partial charge is 0.378 e. The maximum absolute atomic E-state index is 11.9. The van der Waals surface area contributed by atoms with Crippen LogP contribution in [-0.2, 0) is 11.3 Å². The van der Waals surface area contributed by atoms with Gasteiger partial charge in [-0.25, -0.2) is 0 Å². The monoisotopic (exact) mass is 333 g/mol. The molecule has 1 amide bonds. The Morgan fingerprint density at radius 3 is 2.75 bits per heavy atom. The Hall–Kier alpha value is -2.75. The third-order valence-corrected chi connectivity index (χ3v) is 3.42. The lowest BCUT2D eigenvalue weighted by molar-refractivity contribution is 0.0913. The molecule has 1 saturated heterocycles. The van der Waals surface area contributed by atoms with Crippen molar-refractivity contribution in [2.75, 3.05) is 50.2 Å². The van der Waals surface area contributed by atoms with E-state index >= 15 is 0 Å². The highest BCUT2D eigenvalue weighted by Gasteiger charge is 2.18. The van der Waals surface area contributed by atoms with Crippen LogP contribution in [0.1, 0.15) is 16.4 Å². The van der Waals surface area contributed by atoms with E-state index in [2.05, 4.69) is 25.4 Å². The highest BCUT2D eigenvalue weighted by atomic mass is 16.5. The molecule has 1 fully saturated rings. The second-order valence-corrected chi connectivity index (χ2v) is 5.40. The second-order valence-electron chi connectivity index (χ2n) is 5.40. The van der Waals surface area contributed by atoms with E-state index in [0.717, 1.165) is 13.1 Å². The Morgan fingerprint density at radius 1 is 1.29 bits per heavy atom. The van der Waals surface area contributed by atoms with Crippen molar-refractivity contribution >= 4 is 17.8 Å². The van der Waals surface area contributed by atoms with Crippen LogP contribution in [0, 0.1) is 0 Å². The summed E-state index contributed by atoms with van der Waals surface area (Å²) >= 11 is 0. The van der Waals surface area contributed by atoms with Crippen molar-refractivity contribution in [2.24, 2.45) is 0 Å². The number of hydrogen-bond donors (Lipinski definition) is 1. The third-order valence-electron chi connectivity index (χ3n) is 3.42. The average Bonchev–Trinajstić information content (AvgIpc) is 3.15. The SMILES string of the molecule is CN(C)c1nc(CNC(=O)c2ccno2)nc(N2CCOCC2)n1. The van der Waals surface area contributed by atoms with Crippen LogP contribution in [-0.4, -0.2) is 66.4 Å². The van der Waals surface area contributed by atoms with Crippen molar-refractivity contribution in [1.82, 2.24) is 25.4 Å². The van der Waals surface area contributed by atoms with E-state index in [0.29, 0.717) is 30.9 Å². The van der Waals surface area contributed by atoms with Gasteiger partial charge >= 0.3 is 0 Å². The minimum absolute atomic E-state index is 0.144. The van der Waals surface area contributed by atoms with Crippen molar-refractivity contribution in [1.29, 1.82) is 0 Å². The summed E-state index contributed by atoms with van der Waals surface area (Å²) in [7, 11) is 3.71. The molecule has 128 valence electrons. The van der Waals surface area contributed by atoms with E-state index in [1.165, 1.54) is 12.3 Å². The minimum atomic E-state index is -0.368. The Bertz CT molecular complexity index is 684. The van der Waals surface area contributed by atoms with E-state index in [1.54, 1.807) is 4.90 Å². The molecule has 0 saturated carbocycles. The first-order chi connectivity index (χ1) is 11.6. The standard InChI is InChI=1S/C14H19N7O3/c1-20(2)13-17-11(9-15-12(22)10-3-4-16-24-10)18-14(19-13)21-5-7-23-8-6-21/h3-4H,5-9H2,1-2H3,(H,15,22). The normalized spacial score (nSPS) is 14.5. The fraction of sp³-hybridized carbons (Fsp3) is 0.500. The molecule has 0 aromatic carbocycles. The van der Waals surface area contributed by atoms with Gasteiger partial charge in [0, 0.05) is 33.3 Å². The summed E-state index contributed by atoms with van der Waals surface area (Å²) in [5, 5.41) is 6.22. The number of carbonyl (C=O) groups excluding carboxylic acids is 1. The van der Waals surface area contributed by atoms with Crippen LogP contribution in [0.3, 0.4) is 0 Å². The molecule has 0 aliphatic carbocycles. The number of carbonyl (C=O) groups is 1. The first kappa shape index (κ1) is 16.1. The summed E-state index contributed by atoms with van der Waals surface area (Å²) in [5.41, 5.74) is 0. The van der Waals surface area contributed by atoms with E-state index in [-0.39, 0.29) is 18.2 Å². The molecular formula is C14H19N7O3. The summed E-state index contributed by atoms with van der Waals surface area (Å²) in [6, 6.07) is 1.49. The molecule has 1 aliphatic rings. The maximum atomic E-state index is 11.9. The minimum Gasteiger partial charge on any atom is -0.378 e. The molecule has 3 rings (SSSR count). The molecule has 0 bridgehead atoms. The molecule has 0 unspecified atom stereocenters. The number of hydrogen-bond acceptors (Lipinski definition) is 9. The Balaban J connectivity index is 1.75. The lowest BCUT2D eigenvalue weighted by Crippen LogP contribution is -2.38. The van der Waals surface area contributed by atoms with Crippen LogP contribution in [0.15, 0.2) is 16.8 Å². The zero-order chi connectivity index (χ0) is 16.9. The lowest BCUT2D eigenvalue weighted by atomic mass is 10.4. The molecule has 2 aromatic rings. The van der Waals surface area contributed by atoms with Gasteiger partial charge in [0.1, 0.15) is 0 Å². The quantitative estimate of drug-likeness (QED) is 0.788. The van der Waals surface area contributed by atoms with Crippen molar-refractivity contribution < 1.29 is 14.1 Å². The Morgan fingerprint density at radius 2 is 2.08 bits per heavy atom. The van der Waals surface area contributed by atoms with Gasteiger partial charge in [0.05, 0.1) is 26.0 Å². The van der Waals surface area contributed by atoms with Crippen LogP contribution in [0.25, 0.3) is 0 Å². The number of aromatic nitrogens is 4. The fourth-order valence-electron chi connectivity index (χ4n) is 2.16. The fourth-order valence-corrected chi connectivity index (χ4v) is 2.16. The molecule has 0 spiro atoms. The number of nitrogens with zero attached hydrogens (tertiary/aromatic N) is 6. The molecule has 10 heteroatoms. The molecule has 1 N–H and O–H groups in total. The average molecular weight is 333 g/mol. The van der Waals surface area contributed by atoms with Gasteiger partial charge in [-0.1, -0.05) is 5.16 Å². The maximum Gasteiger partial charge on any atom is 0.290 e. The first-order valence-electron chi connectivity index (χ1n) is 7.57. The van der Waals surface area contributed by atoms with E-state index in [9.17, 15) is 4.79 Å². The van der Waals surface area contributed by atoms with Gasteiger partial charge in [-0.15, -0.1) is 0 Å². The molecule has 0 radical (unpaired) electrons. The van der Waals surface area contributed by atoms with E-state index in [4.69, 9.17) is 9.26 Å². The topological polar surface area (TPSA) is 110 Å². The van der Waals surface area contributed by atoms with Gasteiger partial charge in [-0.2, -0.15) is 15.0 Å². The number of morpholine rings is 1. The van der Waals surface area contributed by atoms with Crippen LogP contribution in [0.5, 0.6) is 0 Å². The molecule has 3 heterocycles. The van der Waals surface area contributed by atoms with Crippen LogP contribution in [0.2, 0.25) is 0 Å². The van der Waals surface area contributed by atoms with E-state index in [1.807, 2.05) is 19.0 Å². The van der Waals surface area contributed by atoms with Gasteiger partial charge in [0.2, 0.25) is 17.7 Å². The number of nitrogens with one attached hydrogen (secondary N) is 1. The predicted octanol–water partition coefficient (Wildman–Crippen LogP) is -0.308. The zero-order valence-electron chi connectivity index (χ0n) is 13.6. The third kappa shape index (κ3) is 3.77. The molecule has 1 aliphatic heterocycles. The molecule has 0 atom stereocenters. The Labute approximate surface area is 138 Å². The van der Waals surface area contributed by atoms with Crippen molar-refractivity contribution in [3.63, 3.8) is 0 Å². The predicted molar refractivity (Wildman–Crippen MR) is 84.9 cm³/mol. The summed E-state index contributed by atoms with van der Waals surface area (Å²) in [6.45, 7) is 2.89. The van der Waals surface area contributed by atoms with Crippen LogP contribution >= 0.6 is 0 Å². The van der Waals surface area contributed by atoms with E-state index < -0.39 is 0 Å². The van der Waals surface area contributed by atoms with Gasteiger partial charge in [-0.3, -0.25) is 4.79 Å². The molecule has 2 aromatic heterocycles. The smallest absolute Gasteiger partial charge is 0.290 e. The highest BCUT2D eigenvalue weighted by Crippen LogP contribution is 2.14. The van der Waals surface area contributed by atoms with Gasteiger partial charge in [0.15, 0.2) is 5.82 Å². The highest BCUT2D eigenvalue weighted by molar-refractivity contribution is 5.91. The number of amides is 1.